The van der Waals surface area contributed by atoms with E-state index in [2.05, 4.69) is 11.6 Å². The Labute approximate surface area is 66.6 Å². The lowest BCUT2D eigenvalue weighted by Crippen LogP contribution is -2.26. The van der Waals surface area contributed by atoms with Crippen molar-refractivity contribution in [1.82, 2.24) is 0 Å². The number of allylic oxidation sites excluding steroid dienone is 1. The first kappa shape index (κ1) is 11.5. The predicted octanol–water partition coefficient (Wildman–Crippen LogP) is 3.53. The van der Waals surface area contributed by atoms with Gasteiger partial charge in [0.1, 0.15) is 0 Å². The molecule has 0 nitrogen and oxygen atoms in total. The molecule has 0 aliphatic carbocycles. The number of halogens is 8. The third-order valence-corrected chi connectivity index (χ3v) is 0.945. The summed E-state index contributed by atoms with van der Waals surface area (Å²) in [6, 6.07) is 0. The first-order valence-corrected chi connectivity index (χ1v) is 2.64. The molecule has 0 aliphatic rings. The van der Waals surface area contributed by atoms with Crippen LogP contribution in [0.4, 0.5) is 30.7 Å². The number of hydrogen-bond acceptors (Lipinski definition) is 0. The first-order chi connectivity index (χ1) is 5.07. The van der Waals surface area contributed by atoms with E-state index in [-0.39, 0.29) is 0 Å². The minimum atomic E-state index is -5.83. The molecule has 0 radical (unpaired) electrons. The molecule has 0 fully saturated rings. The molecule has 12 heavy (non-hydrogen) atoms. The lowest BCUT2D eigenvalue weighted by Gasteiger charge is -2.13. The van der Waals surface area contributed by atoms with Crippen LogP contribution in [0.1, 0.15) is 0 Å². The number of rotatable bonds is 0. The Balaban J connectivity index is 5.13. The molecule has 0 N–H and O–H groups in total. The molecule has 0 aromatic rings. The Hall–Kier alpha value is -0.460. The van der Waals surface area contributed by atoms with E-state index in [1.165, 1.54) is 0 Å². The van der Waals surface area contributed by atoms with Gasteiger partial charge in [0.25, 0.3) is 0 Å². The molecule has 0 aliphatic heterocycles. The minimum absolute atomic E-state index is 2.81. The summed E-state index contributed by atoms with van der Waals surface area (Å²) >= 11 is 3.99. The van der Waals surface area contributed by atoms with Gasteiger partial charge >= 0.3 is 12.4 Å². The summed E-state index contributed by atoms with van der Waals surface area (Å²) in [5, 5.41) is -2.81. The van der Waals surface area contributed by atoms with Crippen molar-refractivity contribution in [1.29, 1.82) is 0 Å². The maximum atomic E-state index is 11.6. The summed E-state index contributed by atoms with van der Waals surface area (Å²) in [7, 11) is 0. The van der Waals surface area contributed by atoms with Gasteiger partial charge in [0.2, 0.25) is 5.29 Å². The summed E-state index contributed by atoms with van der Waals surface area (Å²) in [5.74, 6) is 0. The average Bonchev–Trinajstić information content (AvgIpc) is 1.49. The van der Waals surface area contributed by atoms with Crippen molar-refractivity contribution in [3.8, 4) is 0 Å². The molecular formula is C4ClF7. The van der Waals surface area contributed by atoms with Gasteiger partial charge in [-0.15, -0.1) is 0 Å². The topological polar surface area (TPSA) is 0 Å². The van der Waals surface area contributed by atoms with Gasteiger partial charge in [-0.2, -0.15) is 30.7 Å². The minimum Gasteiger partial charge on any atom is -0.193 e. The van der Waals surface area contributed by atoms with E-state index in [1.807, 2.05) is 0 Å². The predicted molar refractivity (Wildman–Crippen MR) is 26.1 cm³/mol. The number of alkyl halides is 6. The molecule has 8 heteroatoms. The van der Waals surface area contributed by atoms with E-state index < -0.39 is 23.2 Å². The van der Waals surface area contributed by atoms with Crippen molar-refractivity contribution >= 4 is 11.6 Å². The van der Waals surface area contributed by atoms with Crippen LogP contribution < -0.4 is 0 Å². The van der Waals surface area contributed by atoms with E-state index in [4.69, 9.17) is 0 Å². The number of hydrogen-bond donors (Lipinski definition) is 0. The second kappa shape index (κ2) is 3.12. The van der Waals surface area contributed by atoms with Crippen molar-refractivity contribution in [2.24, 2.45) is 0 Å². The molecule has 0 amide bonds. The van der Waals surface area contributed by atoms with E-state index in [0.29, 0.717) is 0 Å². The Morgan fingerprint density at radius 3 is 1.08 bits per heavy atom. The molecule has 0 rings (SSSR count). The fourth-order valence-electron chi connectivity index (χ4n) is 0.375. The normalized spacial score (nSPS) is 13.0. The molecular weight excluding hydrogens is 216 g/mol. The second-order valence-electron chi connectivity index (χ2n) is 1.63. The largest absolute Gasteiger partial charge is 0.425 e. The van der Waals surface area contributed by atoms with E-state index in [9.17, 15) is 30.7 Å². The van der Waals surface area contributed by atoms with Gasteiger partial charge in [-0.3, -0.25) is 0 Å². The Morgan fingerprint density at radius 2 is 1.08 bits per heavy atom. The molecule has 0 saturated carbocycles. The lowest BCUT2D eigenvalue weighted by atomic mass is 10.3. The van der Waals surface area contributed by atoms with Crippen LogP contribution in [-0.4, -0.2) is 12.4 Å². The average molecular weight is 216 g/mol. The third-order valence-electron chi connectivity index (χ3n) is 0.756. The lowest BCUT2D eigenvalue weighted by molar-refractivity contribution is -0.173. The zero-order chi connectivity index (χ0) is 10.2. The summed E-state index contributed by atoms with van der Waals surface area (Å²) in [4.78, 5) is 0. The van der Waals surface area contributed by atoms with Crippen LogP contribution in [-0.2, 0) is 0 Å². The van der Waals surface area contributed by atoms with Crippen LogP contribution in [0, 0.1) is 0 Å². The van der Waals surface area contributed by atoms with Gasteiger partial charge in [-0.25, -0.2) is 0 Å². The maximum absolute atomic E-state index is 11.6. The molecule has 0 aromatic heterocycles. The smallest absolute Gasteiger partial charge is 0.193 e. The van der Waals surface area contributed by atoms with Crippen molar-refractivity contribution in [2.45, 2.75) is 12.4 Å². The van der Waals surface area contributed by atoms with Gasteiger partial charge in [0, 0.05) is 0 Å². The van der Waals surface area contributed by atoms with Gasteiger partial charge in [0.15, 0.2) is 5.57 Å². The molecule has 0 bridgehead atoms. The summed E-state index contributed by atoms with van der Waals surface area (Å²) < 4.78 is 79.7. The molecule has 0 aromatic carbocycles. The molecule has 0 unspecified atom stereocenters. The van der Waals surface area contributed by atoms with E-state index >= 15 is 0 Å². The van der Waals surface area contributed by atoms with Gasteiger partial charge in [0.05, 0.1) is 0 Å². The zero-order valence-electron chi connectivity index (χ0n) is 5.02. The second-order valence-corrected chi connectivity index (χ2v) is 1.96. The van der Waals surface area contributed by atoms with Crippen molar-refractivity contribution in [3.63, 3.8) is 0 Å². The van der Waals surface area contributed by atoms with Crippen LogP contribution >= 0.6 is 11.6 Å². The van der Waals surface area contributed by atoms with Crippen LogP contribution in [0.2, 0.25) is 0 Å². The van der Waals surface area contributed by atoms with Crippen LogP contribution in [0.3, 0.4) is 0 Å². The van der Waals surface area contributed by atoms with Gasteiger partial charge < -0.3 is 0 Å². The summed E-state index contributed by atoms with van der Waals surface area (Å²) in [6.45, 7) is 0. The highest BCUT2D eigenvalue weighted by molar-refractivity contribution is 6.28. The van der Waals surface area contributed by atoms with Crippen LogP contribution in [0.15, 0.2) is 10.9 Å². The zero-order valence-corrected chi connectivity index (χ0v) is 5.78. The maximum Gasteiger partial charge on any atom is 0.425 e. The quantitative estimate of drug-likeness (QED) is 0.544. The third kappa shape index (κ3) is 2.88. The van der Waals surface area contributed by atoms with Gasteiger partial charge in [-0.05, 0) is 0 Å². The van der Waals surface area contributed by atoms with Crippen molar-refractivity contribution in [3.05, 3.63) is 10.9 Å². The molecule has 0 spiro atoms. The van der Waals surface area contributed by atoms with Crippen LogP contribution in [0.25, 0.3) is 0 Å². The van der Waals surface area contributed by atoms with Crippen LogP contribution in [0.5, 0.6) is 0 Å². The molecule has 72 valence electrons. The Kier molecular flexibility index (Phi) is 3.00. The first-order valence-electron chi connectivity index (χ1n) is 2.26. The van der Waals surface area contributed by atoms with Crippen molar-refractivity contribution in [2.75, 3.05) is 0 Å². The molecule has 0 saturated heterocycles. The highest BCUT2D eigenvalue weighted by atomic mass is 35.5. The van der Waals surface area contributed by atoms with E-state index in [0.717, 1.165) is 0 Å². The van der Waals surface area contributed by atoms with Crippen molar-refractivity contribution < 1.29 is 30.7 Å². The molecule has 0 heterocycles. The standard InChI is InChI=1S/C4ClF7/c5-2(6)1(3(7,8)9)4(10,11)12. The monoisotopic (exact) mass is 216 g/mol. The Bertz CT molecular complexity index is 176. The summed E-state index contributed by atoms with van der Waals surface area (Å²) in [5.41, 5.74) is -3.32. The van der Waals surface area contributed by atoms with Gasteiger partial charge in [-0.1, -0.05) is 11.6 Å². The fraction of sp³-hybridized carbons (Fsp3) is 0.500. The summed E-state index contributed by atoms with van der Waals surface area (Å²) in [6.07, 6.45) is -11.7. The fourth-order valence-corrected chi connectivity index (χ4v) is 0.589. The molecule has 0 atom stereocenters. The SMILES string of the molecule is FC(Cl)=C(C(F)(F)F)C(F)(F)F. The highest BCUT2D eigenvalue weighted by Crippen LogP contribution is 2.41. The highest BCUT2D eigenvalue weighted by Gasteiger charge is 2.53. The van der Waals surface area contributed by atoms with E-state index in [1.54, 1.807) is 0 Å². The Morgan fingerprint density at radius 1 is 0.833 bits per heavy atom.